The Morgan fingerprint density at radius 3 is 2.62 bits per heavy atom. The summed E-state index contributed by atoms with van der Waals surface area (Å²) in [5, 5.41) is 11.4. The van der Waals surface area contributed by atoms with Crippen LogP contribution in [0, 0.1) is 18.7 Å². The normalized spacial score (nSPS) is 12.0. The lowest BCUT2D eigenvalue weighted by Gasteiger charge is -2.16. The van der Waals surface area contributed by atoms with Gasteiger partial charge in [-0.15, -0.1) is 0 Å². The Bertz CT molecular complexity index is 516. The third-order valence-corrected chi connectivity index (χ3v) is 2.79. The number of aryl methyl sites for hydroxylation is 1. The molecule has 0 aliphatic rings. The topological polar surface area (TPSA) is 75.6 Å². The van der Waals surface area contributed by atoms with Gasteiger partial charge in [-0.3, -0.25) is 4.79 Å². The molecule has 0 aliphatic heterocycles. The van der Waals surface area contributed by atoms with E-state index in [2.05, 4.69) is 5.32 Å². The van der Waals surface area contributed by atoms with Gasteiger partial charge >= 0.3 is 5.97 Å². The Hall–Kier alpha value is -2.11. The molecule has 0 saturated heterocycles. The molecule has 0 heterocycles. The van der Waals surface area contributed by atoms with Crippen molar-refractivity contribution in [1.29, 1.82) is 0 Å². The van der Waals surface area contributed by atoms with Gasteiger partial charge in [-0.25, -0.2) is 9.18 Å². The first kappa shape index (κ1) is 16.9. The molecule has 116 valence electrons. The van der Waals surface area contributed by atoms with Gasteiger partial charge in [0, 0.05) is 0 Å². The highest BCUT2D eigenvalue weighted by atomic mass is 19.1. The number of hydrogen-bond donors (Lipinski definition) is 2. The van der Waals surface area contributed by atoms with E-state index >= 15 is 0 Å². The number of carbonyl (C=O) groups is 2. The van der Waals surface area contributed by atoms with Crippen LogP contribution in [0.2, 0.25) is 0 Å². The number of hydrogen-bond acceptors (Lipinski definition) is 3. The summed E-state index contributed by atoms with van der Waals surface area (Å²) in [6.07, 6.45) is 0.319. The first-order valence-corrected chi connectivity index (χ1v) is 6.70. The predicted molar refractivity (Wildman–Crippen MR) is 75.7 cm³/mol. The van der Waals surface area contributed by atoms with E-state index < -0.39 is 30.3 Å². The summed E-state index contributed by atoms with van der Waals surface area (Å²) < 4.78 is 18.5. The van der Waals surface area contributed by atoms with Crippen LogP contribution in [-0.2, 0) is 9.59 Å². The fourth-order valence-corrected chi connectivity index (χ4v) is 1.79. The number of ether oxygens (including phenoxy) is 1. The molecule has 2 N–H and O–H groups in total. The molecule has 6 heteroatoms. The van der Waals surface area contributed by atoms with Crippen LogP contribution in [-0.4, -0.2) is 29.6 Å². The summed E-state index contributed by atoms with van der Waals surface area (Å²) in [7, 11) is 0. The van der Waals surface area contributed by atoms with Gasteiger partial charge in [-0.2, -0.15) is 0 Å². The van der Waals surface area contributed by atoms with Crippen molar-refractivity contribution in [3.8, 4) is 5.75 Å². The summed E-state index contributed by atoms with van der Waals surface area (Å²) in [6.45, 7) is 5.07. The van der Waals surface area contributed by atoms with E-state index in [4.69, 9.17) is 9.84 Å². The number of carbonyl (C=O) groups excluding carboxylic acids is 1. The molecule has 1 aromatic rings. The third-order valence-electron chi connectivity index (χ3n) is 2.79. The smallest absolute Gasteiger partial charge is 0.326 e. The van der Waals surface area contributed by atoms with Gasteiger partial charge < -0.3 is 15.2 Å². The van der Waals surface area contributed by atoms with Gasteiger partial charge in [0.1, 0.15) is 6.04 Å². The largest absolute Gasteiger partial charge is 0.481 e. The van der Waals surface area contributed by atoms with Crippen molar-refractivity contribution in [2.24, 2.45) is 5.92 Å². The molecular weight excluding hydrogens is 277 g/mol. The minimum atomic E-state index is -1.10. The lowest BCUT2D eigenvalue weighted by molar-refractivity contribution is -0.142. The fraction of sp³-hybridized carbons (Fsp3) is 0.467. The second-order valence-corrected chi connectivity index (χ2v) is 5.31. The molecule has 0 saturated carbocycles. The van der Waals surface area contributed by atoms with E-state index in [9.17, 15) is 14.0 Å². The van der Waals surface area contributed by atoms with Gasteiger partial charge in [0.15, 0.2) is 18.2 Å². The Kier molecular flexibility index (Phi) is 6.14. The number of nitrogens with one attached hydrogen (secondary N) is 1. The molecule has 1 rings (SSSR count). The average Bonchev–Trinajstić information content (AvgIpc) is 2.38. The number of aliphatic carboxylic acids is 1. The van der Waals surface area contributed by atoms with Crippen LogP contribution in [0.4, 0.5) is 4.39 Å². The Balaban J connectivity index is 2.56. The standard InChI is InChI=1S/C15H20FNO4/c1-9(2)6-12(15(19)20)17-14(18)8-21-13-7-10(3)4-5-11(13)16/h4-5,7,9,12H,6,8H2,1-3H3,(H,17,18)(H,19,20)/t12-/m1/s1. The molecule has 1 amide bonds. The maximum absolute atomic E-state index is 13.4. The Morgan fingerprint density at radius 1 is 1.38 bits per heavy atom. The first-order chi connectivity index (χ1) is 9.79. The van der Waals surface area contributed by atoms with E-state index in [1.54, 1.807) is 13.0 Å². The van der Waals surface area contributed by atoms with E-state index in [0.29, 0.717) is 6.42 Å². The number of halogens is 1. The lowest BCUT2D eigenvalue weighted by atomic mass is 10.0. The molecule has 0 spiro atoms. The maximum Gasteiger partial charge on any atom is 0.326 e. The highest BCUT2D eigenvalue weighted by molar-refractivity contribution is 5.84. The highest BCUT2D eigenvalue weighted by Crippen LogP contribution is 2.18. The van der Waals surface area contributed by atoms with Crippen LogP contribution in [0.15, 0.2) is 18.2 Å². The monoisotopic (exact) mass is 297 g/mol. The minimum Gasteiger partial charge on any atom is -0.481 e. The molecule has 5 nitrogen and oxygen atoms in total. The van der Waals surface area contributed by atoms with Crippen molar-refractivity contribution < 1.29 is 23.8 Å². The van der Waals surface area contributed by atoms with E-state index in [1.807, 2.05) is 13.8 Å². The zero-order valence-electron chi connectivity index (χ0n) is 12.4. The lowest BCUT2D eigenvalue weighted by Crippen LogP contribution is -2.43. The molecule has 0 radical (unpaired) electrons. The van der Waals surface area contributed by atoms with E-state index in [0.717, 1.165) is 5.56 Å². The summed E-state index contributed by atoms with van der Waals surface area (Å²) in [5.74, 6) is -2.16. The van der Waals surface area contributed by atoms with Crippen molar-refractivity contribution in [3.05, 3.63) is 29.6 Å². The minimum absolute atomic E-state index is 0.0270. The number of benzene rings is 1. The van der Waals surface area contributed by atoms with Crippen LogP contribution in [0.25, 0.3) is 0 Å². The molecule has 0 aromatic heterocycles. The van der Waals surface area contributed by atoms with E-state index in [-0.39, 0.29) is 11.7 Å². The van der Waals surface area contributed by atoms with Crippen LogP contribution < -0.4 is 10.1 Å². The zero-order chi connectivity index (χ0) is 16.0. The maximum atomic E-state index is 13.4. The Labute approximate surface area is 123 Å². The third kappa shape index (κ3) is 5.81. The van der Waals surface area contributed by atoms with Gasteiger partial charge in [0.2, 0.25) is 0 Å². The van der Waals surface area contributed by atoms with Gasteiger partial charge in [0.25, 0.3) is 5.91 Å². The van der Waals surface area contributed by atoms with Gasteiger partial charge in [-0.1, -0.05) is 19.9 Å². The van der Waals surface area contributed by atoms with Crippen molar-refractivity contribution >= 4 is 11.9 Å². The highest BCUT2D eigenvalue weighted by Gasteiger charge is 2.21. The van der Waals surface area contributed by atoms with Crippen molar-refractivity contribution in [1.82, 2.24) is 5.32 Å². The van der Waals surface area contributed by atoms with Crippen molar-refractivity contribution in [2.75, 3.05) is 6.61 Å². The van der Waals surface area contributed by atoms with Crippen LogP contribution in [0.1, 0.15) is 25.8 Å². The molecule has 21 heavy (non-hydrogen) atoms. The van der Waals surface area contributed by atoms with Crippen LogP contribution in [0.5, 0.6) is 5.75 Å². The quantitative estimate of drug-likeness (QED) is 0.808. The van der Waals surface area contributed by atoms with Crippen LogP contribution in [0.3, 0.4) is 0 Å². The number of amides is 1. The SMILES string of the molecule is Cc1ccc(F)c(OCC(=O)N[C@H](CC(C)C)C(=O)O)c1. The van der Waals surface area contributed by atoms with Crippen molar-refractivity contribution in [2.45, 2.75) is 33.2 Å². The Morgan fingerprint density at radius 2 is 2.05 bits per heavy atom. The predicted octanol–water partition coefficient (Wildman–Crippen LogP) is 2.13. The molecular formula is C15H20FNO4. The average molecular weight is 297 g/mol. The second kappa shape index (κ2) is 7.61. The molecule has 0 bridgehead atoms. The van der Waals surface area contributed by atoms with Crippen LogP contribution >= 0.6 is 0 Å². The summed E-state index contributed by atoms with van der Waals surface area (Å²) in [4.78, 5) is 22.7. The first-order valence-electron chi connectivity index (χ1n) is 6.70. The summed E-state index contributed by atoms with van der Waals surface area (Å²) in [6, 6.07) is 3.35. The molecule has 0 fully saturated rings. The summed E-state index contributed by atoms with van der Waals surface area (Å²) >= 11 is 0. The number of carboxylic acid groups (broad SMARTS) is 1. The molecule has 0 unspecified atom stereocenters. The number of carboxylic acids is 1. The molecule has 0 aliphatic carbocycles. The van der Waals surface area contributed by atoms with Gasteiger partial charge in [0.05, 0.1) is 0 Å². The molecule has 1 atom stereocenters. The van der Waals surface area contributed by atoms with Crippen molar-refractivity contribution in [3.63, 3.8) is 0 Å². The van der Waals surface area contributed by atoms with Gasteiger partial charge in [-0.05, 0) is 37.0 Å². The second-order valence-electron chi connectivity index (χ2n) is 5.31. The fourth-order valence-electron chi connectivity index (χ4n) is 1.79. The summed E-state index contributed by atoms with van der Waals surface area (Å²) in [5.41, 5.74) is 0.801. The molecule has 1 aromatic carbocycles. The number of rotatable bonds is 7. The zero-order valence-corrected chi connectivity index (χ0v) is 12.4. The van der Waals surface area contributed by atoms with E-state index in [1.165, 1.54) is 12.1 Å².